The highest BCUT2D eigenvalue weighted by Gasteiger charge is 2.15. The van der Waals surface area contributed by atoms with Crippen LogP contribution in [0, 0.1) is 0 Å². The van der Waals surface area contributed by atoms with Gasteiger partial charge in [0.1, 0.15) is 11.6 Å². The van der Waals surface area contributed by atoms with E-state index < -0.39 is 15.7 Å². The summed E-state index contributed by atoms with van der Waals surface area (Å²) in [6, 6.07) is 2.60. The summed E-state index contributed by atoms with van der Waals surface area (Å²) in [7, 11) is 1.13. The highest BCUT2D eigenvalue weighted by atomic mass is 35.7. The van der Waals surface area contributed by atoms with Crippen LogP contribution in [-0.4, -0.2) is 13.4 Å². The van der Waals surface area contributed by atoms with Crippen LogP contribution in [-0.2, 0) is 15.7 Å². The van der Waals surface area contributed by atoms with Crippen LogP contribution >= 0.6 is 10.7 Å². The average Bonchev–Trinajstić information content (AvgIpc) is 2.03. The first-order chi connectivity index (χ1) is 5.55. The lowest BCUT2D eigenvalue weighted by Crippen LogP contribution is -1.98. The Morgan fingerprint density at radius 2 is 2.25 bits per heavy atom. The number of rotatable bonds is 2. The van der Waals surface area contributed by atoms with Crippen molar-refractivity contribution >= 4 is 19.7 Å². The van der Waals surface area contributed by atoms with E-state index in [9.17, 15) is 12.8 Å². The first-order valence-corrected chi connectivity index (χ1v) is 5.31. The molecular weight excluding hydrogens is 205 g/mol. The van der Waals surface area contributed by atoms with Gasteiger partial charge in [0.25, 0.3) is 9.05 Å². The van der Waals surface area contributed by atoms with E-state index in [1.165, 1.54) is 18.3 Å². The van der Waals surface area contributed by atoms with Gasteiger partial charge in [-0.05, 0) is 12.1 Å². The highest BCUT2D eigenvalue weighted by Crippen LogP contribution is 2.18. The second-order valence-corrected chi connectivity index (χ2v) is 4.55. The van der Waals surface area contributed by atoms with Gasteiger partial charge in [-0.15, -0.1) is 0 Å². The fourth-order valence-corrected chi connectivity index (χ4v) is 1.80. The predicted molar refractivity (Wildman–Crippen MR) is 42.1 cm³/mol. The van der Waals surface area contributed by atoms with Gasteiger partial charge in [0.2, 0.25) is 0 Å². The first-order valence-electron chi connectivity index (χ1n) is 3.00. The number of halogens is 2. The second kappa shape index (κ2) is 3.37. The fraction of sp³-hybridized carbons (Fsp3) is 0.167. The van der Waals surface area contributed by atoms with E-state index >= 15 is 0 Å². The van der Waals surface area contributed by atoms with Crippen molar-refractivity contribution in [2.24, 2.45) is 0 Å². The van der Waals surface area contributed by atoms with Crippen molar-refractivity contribution < 1.29 is 12.8 Å². The number of pyridine rings is 1. The summed E-state index contributed by atoms with van der Waals surface area (Å²) in [5.74, 6) is 0. The van der Waals surface area contributed by atoms with Gasteiger partial charge in [-0.2, -0.15) is 0 Å². The third-order valence-corrected chi connectivity index (χ3v) is 2.63. The van der Waals surface area contributed by atoms with E-state index in [1.807, 2.05) is 0 Å². The molecule has 0 aliphatic rings. The number of aromatic nitrogens is 1. The lowest BCUT2D eigenvalue weighted by atomic mass is 10.4. The normalized spacial score (nSPS) is 11.5. The van der Waals surface area contributed by atoms with Crippen LogP contribution in [0.15, 0.2) is 23.2 Å². The summed E-state index contributed by atoms with van der Waals surface area (Å²) in [5, 5.41) is 0. The molecule has 0 saturated heterocycles. The maximum atomic E-state index is 12.1. The maximum Gasteiger partial charge on any atom is 0.263 e. The molecule has 0 aliphatic carbocycles. The van der Waals surface area contributed by atoms with Crippen LogP contribution in [0.2, 0.25) is 0 Å². The van der Waals surface area contributed by atoms with E-state index in [0.717, 1.165) is 0 Å². The smallest absolute Gasteiger partial charge is 0.257 e. The number of nitrogens with zero attached hydrogens (tertiary/aromatic N) is 1. The molecular formula is C6H5ClFNO2S. The Morgan fingerprint density at radius 1 is 1.58 bits per heavy atom. The Hall–Kier alpha value is -0.680. The predicted octanol–water partition coefficient (Wildman–Crippen LogP) is 1.48. The molecule has 0 aromatic carbocycles. The van der Waals surface area contributed by atoms with Crippen molar-refractivity contribution in [2.75, 3.05) is 0 Å². The third-order valence-electron chi connectivity index (χ3n) is 1.24. The lowest BCUT2D eigenvalue weighted by molar-refractivity contribution is 0.468. The highest BCUT2D eigenvalue weighted by molar-refractivity contribution is 8.13. The van der Waals surface area contributed by atoms with E-state index in [0.29, 0.717) is 0 Å². The first kappa shape index (κ1) is 9.41. The summed E-state index contributed by atoms with van der Waals surface area (Å²) in [5.41, 5.74) is -0.160. The molecule has 0 amide bonds. The van der Waals surface area contributed by atoms with E-state index in [1.54, 1.807) is 0 Å². The molecule has 12 heavy (non-hydrogen) atoms. The summed E-state index contributed by atoms with van der Waals surface area (Å²) < 4.78 is 33.7. The summed E-state index contributed by atoms with van der Waals surface area (Å²) in [4.78, 5) is 3.26. The Kier molecular flexibility index (Phi) is 2.64. The molecule has 0 saturated carbocycles. The van der Waals surface area contributed by atoms with Crippen molar-refractivity contribution in [3.63, 3.8) is 0 Å². The summed E-state index contributed by atoms with van der Waals surface area (Å²) >= 11 is 0. The van der Waals surface area contributed by atoms with Gasteiger partial charge < -0.3 is 0 Å². The zero-order chi connectivity index (χ0) is 9.19. The molecule has 0 aliphatic heterocycles. The monoisotopic (exact) mass is 209 g/mol. The minimum Gasteiger partial charge on any atom is -0.257 e. The van der Waals surface area contributed by atoms with Gasteiger partial charge in [0.15, 0.2) is 0 Å². The fourth-order valence-electron chi connectivity index (χ4n) is 0.746. The minimum absolute atomic E-state index is 0.160. The molecule has 0 unspecified atom stereocenters. The Morgan fingerprint density at radius 3 is 2.67 bits per heavy atom. The molecule has 6 heteroatoms. The quantitative estimate of drug-likeness (QED) is 0.694. The summed E-state index contributed by atoms with van der Waals surface area (Å²) in [6.45, 7) is -0.942. The summed E-state index contributed by atoms with van der Waals surface area (Å²) in [6.07, 6.45) is 1.31. The molecule has 66 valence electrons. The lowest BCUT2D eigenvalue weighted by Gasteiger charge is -1.99. The van der Waals surface area contributed by atoms with Crippen LogP contribution in [0.5, 0.6) is 0 Å². The third kappa shape index (κ3) is 1.92. The molecule has 0 fully saturated rings. The molecule has 0 N–H and O–H groups in total. The van der Waals surface area contributed by atoms with E-state index in [2.05, 4.69) is 4.98 Å². The molecule has 0 radical (unpaired) electrons. The van der Waals surface area contributed by atoms with Gasteiger partial charge in [-0.25, -0.2) is 12.8 Å². The van der Waals surface area contributed by atoms with Gasteiger partial charge in [-0.3, -0.25) is 4.98 Å². The van der Waals surface area contributed by atoms with Crippen molar-refractivity contribution in [3.05, 3.63) is 24.0 Å². The second-order valence-electron chi connectivity index (χ2n) is 2.02. The molecule has 0 spiro atoms. The zero-order valence-electron chi connectivity index (χ0n) is 5.87. The van der Waals surface area contributed by atoms with Crippen LogP contribution in [0.25, 0.3) is 0 Å². The molecule has 1 heterocycles. The minimum atomic E-state index is -3.88. The molecule has 3 nitrogen and oxygen atoms in total. The van der Waals surface area contributed by atoms with Gasteiger partial charge in [0.05, 0.1) is 5.69 Å². The molecule has 1 aromatic heterocycles. The molecule has 1 rings (SSSR count). The number of alkyl halides is 1. The maximum absolute atomic E-state index is 12.1. The van der Waals surface area contributed by atoms with Gasteiger partial charge in [0, 0.05) is 16.9 Å². The van der Waals surface area contributed by atoms with Gasteiger partial charge in [-0.1, -0.05) is 0 Å². The topological polar surface area (TPSA) is 47.0 Å². The van der Waals surface area contributed by atoms with E-state index in [4.69, 9.17) is 10.7 Å². The Labute approximate surface area is 73.6 Å². The zero-order valence-corrected chi connectivity index (χ0v) is 7.44. The molecule has 1 aromatic rings. The van der Waals surface area contributed by atoms with Crippen LogP contribution in [0.4, 0.5) is 4.39 Å². The van der Waals surface area contributed by atoms with E-state index in [-0.39, 0.29) is 10.6 Å². The average molecular weight is 210 g/mol. The molecule has 0 bridgehead atoms. The standard InChI is InChI=1S/C6H5ClFNO2S/c7-12(10,11)6-2-1-3-9-5(6)4-8/h1-3H,4H2. The number of hydrogen-bond donors (Lipinski definition) is 0. The van der Waals surface area contributed by atoms with Crippen LogP contribution in [0.3, 0.4) is 0 Å². The van der Waals surface area contributed by atoms with Gasteiger partial charge >= 0.3 is 0 Å². The van der Waals surface area contributed by atoms with Crippen molar-refractivity contribution in [1.82, 2.24) is 4.98 Å². The molecule has 0 atom stereocenters. The van der Waals surface area contributed by atoms with Crippen molar-refractivity contribution in [1.29, 1.82) is 0 Å². The van der Waals surface area contributed by atoms with Crippen molar-refractivity contribution in [2.45, 2.75) is 11.6 Å². The Bertz CT molecular complexity index is 379. The SMILES string of the molecule is O=S(=O)(Cl)c1cccnc1CF. The van der Waals surface area contributed by atoms with Crippen LogP contribution in [0.1, 0.15) is 5.69 Å². The Balaban J connectivity index is 3.33. The largest absolute Gasteiger partial charge is 0.263 e. The van der Waals surface area contributed by atoms with Crippen LogP contribution < -0.4 is 0 Å². The van der Waals surface area contributed by atoms with Crippen molar-refractivity contribution in [3.8, 4) is 0 Å². The number of hydrogen-bond acceptors (Lipinski definition) is 3.